The fraction of sp³-hybridized carbons (Fsp3) is 0.286. The highest BCUT2D eigenvalue weighted by Crippen LogP contribution is 2.06. The van der Waals surface area contributed by atoms with Crippen LogP contribution in [0.5, 0.6) is 0 Å². The van der Waals surface area contributed by atoms with Crippen molar-refractivity contribution in [1.82, 2.24) is 10.6 Å². The maximum Gasteiger partial charge on any atom is 0.325 e. The van der Waals surface area contributed by atoms with Crippen molar-refractivity contribution in [2.24, 2.45) is 0 Å². The Morgan fingerprint density at radius 3 is 1.89 bits per heavy atom. The van der Waals surface area contributed by atoms with Crippen molar-refractivity contribution in [1.29, 1.82) is 0 Å². The van der Waals surface area contributed by atoms with Crippen molar-refractivity contribution in [3.8, 4) is 0 Å². The minimum Gasteiger partial charge on any atom is -0.480 e. The molecule has 3 N–H and O–H groups in total. The molecule has 7 heteroatoms. The summed E-state index contributed by atoms with van der Waals surface area (Å²) in [6, 6.07) is 18.0. The fourth-order valence-electron chi connectivity index (χ4n) is 2.32. The first-order chi connectivity index (χ1) is 13.3. The third-order valence-corrected chi connectivity index (χ3v) is 3.72. The summed E-state index contributed by atoms with van der Waals surface area (Å²) in [4.78, 5) is 32.8. The number of hydrogen-bond donors (Lipinski definition) is 3. The van der Waals surface area contributed by atoms with E-state index in [9.17, 15) is 14.4 Å². The molecule has 28 heavy (non-hydrogen) atoms. The molecule has 0 aliphatic carbocycles. The van der Waals surface area contributed by atoms with Gasteiger partial charge in [-0.15, -0.1) is 0 Å². The van der Waals surface area contributed by atoms with E-state index in [4.69, 9.17) is 5.11 Å². The summed E-state index contributed by atoms with van der Waals surface area (Å²) in [6.07, 6.45) is 0.492. The lowest BCUT2D eigenvalue weighted by Crippen LogP contribution is -2.50. The summed E-state index contributed by atoms with van der Waals surface area (Å²) < 4.78 is -0.0208. The molecule has 2 aromatic carbocycles. The highest BCUT2D eigenvalue weighted by Gasteiger charge is 2.22. The number of carbonyl (C=O) groups is 3. The van der Waals surface area contributed by atoms with E-state index in [0.717, 1.165) is 11.1 Å². The number of carbonyl (C=O) groups excluding carboxylic acids is 2. The minimum absolute atomic E-state index is 0.0208. The third-order valence-electron chi connectivity index (χ3n) is 3.72. The molecule has 0 spiro atoms. The van der Waals surface area contributed by atoms with Gasteiger partial charge in [0, 0.05) is 13.5 Å². The van der Waals surface area contributed by atoms with Crippen LogP contribution in [0.1, 0.15) is 25.0 Å². The van der Waals surface area contributed by atoms with E-state index in [2.05, 4.69) is 26.6 Å². The van der Waals surface area contributed by atoms with Crippen LogP contribution in [-0.4, -0.2) is 33.8 Å². The molecule has 6 nitrogen and oxygen atoms in total. The molecular formula is C21H25BrN2O4. The Balaban J connectivity index is 0.000000892. The van der Waals surface area contributed by atoms with Crippen LogP contribution in [0.3, 0.4) is 0 Å². The molecule has 2 rings (SSSR count). The van der Waals surface area contributed by atoms with Crippen LogP contribution in [0.4, 0.5) is 0 Å². The van der Waals surface area contributed by atoms with Crippen molar-refractivity contribution in [2.75, 3.05) is 0 Å². The second kappa shape index (κ2) is 12.8. The number of aliphatic carboxylic acids is 1. The zero-order chi connectivity index (χ0) is 20.9. The summed E-state index contributed by atoms with van der Waals surface area (Å²) in [6.45, 7) is 3.43. The molecule has 2 atom stereocenters. The Morgan fingerprint density at radius 2 is 1.43 bits per heavy atom. The van der Waals surface area contributed by atoms with Crippen molar-refractivity contribution in [3.05, 3.63) is 71.8 Å². The number of amides is 1. The molecule has 0 unspecified atom stereocenters. The van der Waals surface area contributed by atoms with Gasteiger partial charge in [-0.25, -0.2) is 0 Å². The predicted molar refractivity (Wildman–Crippen MR) is 112 cm³/mol. The number of hydrogen-bond acceptors (Lipinski definition) is 4. The Labute approximate surface area is 173 Å². The first-order valence-corrected chi connectivity index (χ1v) is 9.59. The normalized spacial score (nSPS) is 12.1. The summed E-state index contributed by atoms with van der Waals surface area (Å²) in [5, 5.41) is 14.7. The molecule has 0 aliphatic heterocycles. The highest BCUT2D eigenvalue weighted by atomic mass is 79.9. The molecule has 0 bridgehead atoms. The van der Waals surface area contributed by atoms with Gasteiger partial charge in [0.15, 0.2) is 4.69 Å². The Kier molecular flexibility index (Phi) is 10.8. The van der Waals surface area contributed by atoms with Gasteiger partial charge in [0.1, 0.15) is 6.04 Å². The van der Waals surface area contributed by atoms with Crippen LogP contribution in [0.2, 0.25) is 0 Å². The monoisotopic (exact) mass is 448 g/mol. The fourth-order valence-corrected chi connectivity index (χ4v) is 2.32. The van der Waals surface area contributed by atoms with Crippen molar-refractivity contribution in [3.63, 3.8) is 0 Å². The van der Waals surface area contributed by atoms with Gasteiger partial charge in [0.05, 0.1) is 6.04 Å². The number of carboxylic acid groups (broad SMARTS) is 1. The van der Waals surface area contributed by atoms with Gasteiger partial charge in [-0.3, -0.25) is 14.4 Å². The summed E-state index contributed by atoms with van der Waals surface area (Å²) in [7, 11) is 0. The van der Waals surface area contributed by atoms with Gasteiger partial charge >= 0.3 is 5.97 Å². The molecule has 150 valence electrons. The van der Waals surface area contributed by atoms with E-state index in [1.165, 1.54) is 13.8 Å². The minimum atomic E-state index is -1.05. The third kappa shape index (κ3) is 9.99. The summed E-state index contributed by atoms with van der Waals surface area (Å²) in [5.41, 5.74) is 2.08. The maximum absolute atomic E-state index is 12.4. The van der Waals surface area contributed by atoms with E-state index in [1.807, 2.05) is 60.7 Å². The SMILES string of the molecule is CC(=O)Br.C[C@H](NC(=O)[C@H](Cc1ccccc1)NCc1ccccc1)C(=O)O. The average Bonchev–Trinajstić information content (AvgIpc) is 2.66. The number of carboxylic acids is 1. The van der Waals surface area contributed by atoms with Crippen LogP contribution < -0.4 is 10.6 Å². The number of nitrogens with one attached hydrogen (secondary N) is 2. The Morgan fingerprint density at radius 1 is 0.964 bits per heavy atom. The van der Waals surface area contributed by atoms with Gasteiger partial charge < -0.3 is 15.7 Å². The van der Waals surface area contributed by atoms with Crippen LogP contribution in [0.25, 0.3) is 0 Å². The van der Waals surface area contributed by atoms with Gasteiger partial charge in [-0.05, 0) is 40.4 Å². The molecule has 2 aromatic rings. The number of halogens is 1. The van der Waals surface area contributed by atoms with E-state index in [0.29, 0.717) is 13.0 Å². The van der Waals surface area contributed by atoms with Crippen LogP contribution in [0.15, 0.2) is 60.7 Å². The molecule has 0 saturated heterocycles. The van der Waals surface area contributed by atoms with Crippen LogP contribution >= 0.6 is 15.9 Å². The van der Waals surface area contributed by atoms with Crippen LogP contribution in [0, 0.1) is 0 Å². The average molecular weight is 449 g/mol. The molecule has 0 radical (unpaired) electrons. The van der Waals surface area contributed by atoms with E-state index >= 15 is 0 Å². The van der Waals surface area contributed by atoms with Crippen molar-refractivity contribution in [2.45, 2.75) is 38.9 Å². The van der Waals surface area contributed by atoms with Gasteiger partial charge in [0.25, 0.3) is 0 Å². The summed E-state index contributed by atoms with van der Waals surface area (Å²) in [5.74, 6) is -1.37. The van der Waals surface area contributed by atoms with Gasteiger partial charge in [-0.2, -0.15) is 0 Å². The molecular weight excluding hydrogens is 424 g/mol. The second-order valence-corrected chi connectivity index (χ2v) is 7.26. The zero-order valence-corrected chi connectivity index (χ0v) is 17.5. The first kappa shape index (κ1) is 23.5. The highest BCUT2D eigenvalue weighted by molar-refractivity contribution is 9.18. The lowest BCUT2D eigenvalue weighted by Gasteiger charge is -2.20. The predicted octanol–water partition coefficient (Wildman–Crippen LogP) is 2.90. The maximum atomic E-state index is 12.4. The number of benzene rings is 2. The molecule has 0 saturated carbocycles. The topological polar surface area (TPSA) is 95.5 Å². The second-order valence-electron chi connectivity index (χ2n) is 6.15. The largest absolute Gasteiger partial charge is 0.480 e. The smallest absolute Gasteiger partial charge is 0.325 e. The zero-order valence-electron chi connectivity index (χ0n) is 15.9. The quantitative estimate of drug-likeness (QED) is 0.539. The molecule has 0 heterocycles. The Hall–Kier alpha value is -2.51. The van der Waals surface area contributed by atoms with Crippen LogP contribution in [-0.2, 0) is 27.3 Å². The van der Waals surface area contributed by atoms with E-state index in [-0.39, 0.29) is 10.6 Å². The number of rotatable bonds is 8. The van der Waals surface area contributed by atoms with E-state index < -0.39 is 18.1 Å². The summed E-state index contributed by atoms with van der Waals surface area (Å²) >= 11 is 2.63. The Bertz CT molecular complexity index is 750. The molecule has 1 amide bonds. The van der Waals surface area contributed by atoms with Crippen molar-refractivity contribution >= 4 is 32.5 Å². The van der Waals surface area contributed by atoms with Crippen molar-refractivity contribution < 1.29 is 19.5 Å². The molecule has 0 aromatic heterocycles. The lowest BCUT2D eigenvalue weighted by molar-refractivity contribution is -0.141. The standard InChI is InChI=1S/C19H22N2O3.C2H3BrO/c1-14(19(23)24)21-18(22)17(12-15-8-4-2-5-9-15)20-13-16-10-6-3-7-11-16;1-2(3)4/h2-11,14,17,20H,12-13H2,1H3,(H,21,22)(H,23,24);1H3/t14-,17-;/m0./s1. The lowest BCUT2D eigenvalue weighted by atomic mass is 10.0. The van der Waals surface area contributed by atoms with E-state index in [1.54, 1.807) is 0 Å². The van der Waals surface area contributed by atoms with Gasteiger partial charge in [-0.1, -0.05) is 60.7 Å². The molecule has 0 fully saturated rings. The first-order valence-electron chi connectivity index (χ1n) is 8.80. The molecule has 0 aliphatic rings. The van der Waals surface area contributed by atoms with Gasteiger partial charge in [0.2, 0.25) is 5.91 Å².